The van der Waals surface area contributed by atoms with Gasteiger partial charge in [-0.25, -0.2) is 4.79 Å². The summed E-state index contributed by atoms with van der Waals surface area (Å²) in [5, 5.41) is 2.79. The lowest BCUT2D eigenvalue weighted by atomic mass is 9.77. The molecule has 0 aliphatic carbocycles. The summed E-state index contributed by atoms with van der Waals surface area (Å²) in [6.07, 6.45) is 1.44. The number of ether oxygens (including phenoxy) is 1. The third kappa shape index (κ3) is 5.74. The van der Waals surface area contributed by atoms with Crippen molar-refractivity contribution < 1.29 is 18.8 Å². The molecule has 0 atom stereocenters. The first-order valence-electron chi connectivity index (χ1n) is 9.18. The van der Waals surface area contributed by atoms with Gasteiger partial charge in [0.2, 0.25) is 0 Å². The van der Waals surface area contributed by atoms with E-state index < -0.39 is 30.0 Å². The Kier molecular flexibility index (Phi) is 5.97. The van der Waals surface area contributed by atoms with Crippen molar-refractivity contribution in [3.05, 3.63) is 35.3 Å². The molecule has 1 heterocycles. The van der Waals surface area contributed by atoms with Gasteiger partial charge in [0.05, 0.1) is 11.2 Å². The number of amides is 1. The van der Waals surface area contributed by atoms with Crippen LogP contribution in [0.3, 0.4) is 0 Å². The smallest absolute Gasteiger partial charge is 0.444 e. The monoisotopic (exact) mass is 374 g/mol. The second-order valence-corrected chi connectivity index (χ2v) is 8.83. The van der Waals surface area contributed by atoms with E-state index in [1.807, 2.05) is 78.8 Å². The first-order valence-corrected chi connectivity index (χ1v) is 9.18. The maximum atomic E-state index is 12.1. The van der Waals surface area contributed by atoms with E-state index in [1.54, 1.807) is 0 Å². The van der Waals surface area contributed by atoms with Gasteiger partial charge in [-0.15, -0.1) is 0 Å². The van der Waals surface area contributed by atoms with Crippen molar-refractivity contribution >= 4 is 25.0 Å². The van der Waals surface area contributed by atoms with Crippen LogP contribution in [0, 0.1) is 0 Å². The molecule has 1 aromatic rings. The van der Waals surface area contributed by atoms with E-state index in [-0.39, 0.29) is 6.54 Å². The highest BCUT2D eigenvalue weighted by molar-refractivity contribution is 6.56. The molecule has 0 saturated carbocycles. The average Bonchev–Trinajstić information content (AvgIpc) is 2.70. The third-order valence-electron chi connectivity index (χ3n) is 4.65. The van der Waals surface area contributed by atoms with Crippen LogP contribution >= 0.6 is 0 Å². The van der Waals surface area contributed by atoms with E-state index in [0.717, 1.165) is 11.0 Å². The number of nitrogens with two attached hydrogens (primary N) is 1. The zero-order valence-corrected chi connectivity index (χ0v) is 17.4. The van der Waals surface area contributed by atoms with Crippen molar-refractivity contribution in [2.45, 2.75) is 65.3 Å². The molecule has 1 aliphatic rings. The molecule has 1 saturated heterocycles. The van der Waals surface area contributed by atoms with Gasteiger partial charge in [0.15, 0.2) is 0 Å². The zero-order chi connectivity index (χ0) is 20.5. The van der Waals surface area contributed by atoms with Gasteiger partial charge >= 0.3 is 13.2 Å². The van der Waals surface area contributed by atoms with Crippen LogP contribution in [0.4, 0.5) is 10.5 Å². The molecule has 3 N–H and O–H groups in total. The molecular formula is C20H31BN2O4. The van der Waals surface area contributed by atoms with Crippen molar-refractivity contribution in [1.82, 2.24) is 5.32 Å². The van der Waals surface area contributed by atoms with Gasteiger partial charge in [0.1, 0.15) is 5.60 Å². The number of carbonyl (C=O) groups excluding carboxylic acids is 1. The van der Waals surface area contributed by atoms with E-state index in [4.69, 9.17) is 19.8 Å². The number of nitrogen functional groups attached to an aromatic ring is 1. The standard InChI is InChI=1S/C20H31BN2O4/c1-18(2,3)25-17(24)23-13-15(11-14-9-8-10-16(22)12-14)21-26-19(4,5)20(6,7)27-21/h8-12H,13,22H2,1-7H3,(H,23,24). The number of nitrogens with one attached hydrogen (secondary N) is 1. The highest BCUT2D eigenvalue weighted by Gasteiger charge is 2.52. The topological polar surface area (TPSA) is 82.8 Å². The van der Waals surface area contributed by atoms with Crippen molar-refractivity contribution in [2.75, 3.05) is 12.3 Å². The zero-order valence-electron chi connectivity index (χ0n) is 17.4. The fourth-order valence-corrected chi connectivity index (χ4v) is 2.55. The Morgan fingerprint density at radius 2 is 1.81 bits per heavy atom. The van der Waals surface area contributed by atoms with Crippen LogP contribution in [-0.2, 0) is 14.0 Å². The van der Waals surface area contributed by atoms with Crippen LogP contribution in [0.15, 0.2) is 29.7 Å². The first-order chi connectivity index (χ1) is 12.3. The predicted octanol–water partition coefficient (Wildman–Crippen LogP) is 3.81. The van der Waals surface area contributed by atoms with Crippen LogP contribution in [0.25, 0.3) is 6.08 Å². The summed E-state index contributed by atoms with van der Waals surface area (Å²) < 4.78 is 17.6. The molecule has 6 nitrogen and oxygen atoms in total. The van der Waals surface area contributed by atoms with Crippen LogP contribution in [0.5, 0.6) is 0 Å². The van der Waals surface area contributed by atoms with Crippen LogP contribution in [0.2, 0.25) is 0 Å². The quantitative estimate of drug-likeness (QED) is 0.619. The van der Waals surface area contributed by atoms with E-state index in [0.29, 0.717) is 5.69 Å². The minimum atomic E-state index is -0.577. The number of rotatable bonds is 4. The third-order valence-corrected chi connectivity index (χ3v) is 4.65. The highest BCUT2D eigenvalue weighted by atomic mass is 16.7. The summed E-state index contributed by atoms with van der Waals surface area (Å²) in [5.74, 6) is 0. The maximum Gasteiger partial charge on any atom is 0.492 e. The SMILES string of the molecule is CC(C)(C)OC(=O)NCC(=Cc1cccc(N)c1)B1OC(C)(C)C(C)(C)O1. The first kappa shape index (κ1) is 21.3. The lowest BCUT2D eigenvalue weighted by Crippen LogP contribution is -2.41. The second-order valence-electron chi connectivity index (χ2n) is 8.83. The molecule has 0 radical (unpaired) electrons. The summed E-state index contributed by atoms with van der Waals surface area (Å²) in [7, 11) is -0.577. The van der Waals surface area contributed by atoms with Crippen LogP contribution < -0.4 is 11.1 Å². The molecule has 148 valence electrons. The Morgan fingerprint density at radius 1 is 1.22 bits per heavy atom. The van der Waals surface area contributed by atoms with E-state index in [1.165, 1.54) is 0 Å². The van der Waals surface area contributed by atoms with Gasteiger partial charge in [-0.2, -0.15) is 0 Å². The van der Waals surface area contributed by atoms with Crippen molar-refractivity contribution in [3.8, 4) is 0 Å². The summed E-state index contributed by atoms with van der Waals surface area (Å²) in [6, 6.07) is 7.50. The van der Waals surface area contributed by atoms with Gasteiger partial charge in [0, 0.05) is 12.2 Å². The van der Waals surface area contributed by atoms with Gasteiger partial charge < -0.3 is 25.1 Å². The average molecular weight is 374 g/mol. The summed E-state index contributed by atoms with van der Waals surface area (Å²) in [5.41, 5.74) is 6.73. The normalized spacial score (nSPS) is 19.1. The fourth-order valence-electron chi connectivity index (χ4n) is 2.55. The molecule has 1 fully saturated rings. The Balaban J connectivity index is 2.23. The minimum absolute atomic E-state index is 0.237. The Labute approximate surface area is 162 Å². The number of anilines is 1. The van der Waals surface area contributed by atoms with Gasteiger partial charge in [-0.3, -0.25) is 0 Å². The Morgan fingerprint density at radius 3 is 2.33 bits per heavy atom. The van der Waals surface area contributed by atoms with Gasteiger partial charge in [-0.05, 0) is 71.6 Å². The molecule has 1 aliphatic heterocycles. The molecule has 0 spiro atoms. The molecule has 2 rings (SSSR count). The highest BCUT2D eigenvalue weighted by Crippen LogP contribution is 2.38. The number of hydrogen-bond acceptors (Lipinski definition) is 5. The van der Waals surface area contributed by atoms with Crippen LogP contribution in [0.1, 0.15) is 54.0 Å². The van der Waals surface area contributed by atoms with Crippen molar-refractivity contribution in [2.24, 2.45) is 0 Å². The van der Waals surface area contributed by atoms with Gasteiger partial charge in [0.25, 0.3) is 0 Å². The predicted molar refractivity (Wildman–Crippen MR) is 109 cm³/mol. The molecule has 27 heavy (non-hydrogen) atoms. The lowest BCUT2D eigenvalue weighted by Gasteiger charge is -2.32. The summed E-state index contributed by atoms with van der Waals surface area (Å²) in [6.45, 7) is 13.7. The van der Waals surface area contributed by atoms with Crippen molar-refractivity contribution in [1.29, 1.82) is 0 Å². The van der Waals surface area contributed by atoms with E-state index >= 15 is 0 Å². The molecule has 0 bridgehead atoms. The summed E-state index contributed by atoms with van der Waals surface area (Å²) >= 11 is 0. The molecule has 7 heteroatoms. The number of hydrogen-bond donors (Lipinski definition) is 2. The van der Waals surface area contributed by atoms with E-state index in [9.17, 15) is 4.79 Å². The fraction of sp³-hybridized carbons (Fsp3) is 0.550. The lowest BCUT2D eigenvalue weighted by molar-refractivity contribution is 0.00578. The minimum Gasteiger partial charge on any atom is -0.444 e. The van der Waals surface area contributed by atoms with Crippen molar-refractivity contribution in [3.63, 3.8) is 0 Å². The molecule has 1 amide bonds. The number of carbonyl (C=O) groups is 1. The van der Waals surface area contributed by atoms with Gasteiger partial charge in [-0.1, -0.05) is 18.2 Å². The second kappa shape index (κ2) is 7.56. The van der Waals surface area contributed by atoms with Crippen LogP contribution in [-0.4, -0.2) is 36.6 Å². The molecule has 0 aromatic heterocycles. The summed E-state index contributed by atoms with van der Waals surface area (Å²) in [4.78, 5) is 12.1. The molecule has 1 aromatic carbocycles. The largest absolute Gasteiger partial charge is 0.492 e. The molecular weight excluding hydrogens is 343 g/mol. The Bertz CT molecular complexity index is 707. The maximum absolute atomic E-state index is 12.1. The molecule has 0 unspecified atom stereocenters. The van der Waals surface area contributed by atoms with E-state index in [2.05, 4.69) is 5.32 Å². The number of benzene rings is 1. The number of alkyl carbamates (subject to hydrolysis) is 1. The Hall–Kier alpha value is -1.99.